The molecule has 98 valence electrons. The molecule has 2 rings (SSSR count). The van der Waals surface area contributed by atoms with E-state index in [4.69, 9.17) is 4.74 Å². The van der Waals surface area contributed by atoms with Crippen LogP contribution in [0.15, 0.2) is 53.0 Å². The van der Waals surface area contributed by atoms with Crippen LogP contribution >= 0.6 is 15.9 Å². The molecule has 0 heterocycles. The van der Waals surface area contributed by atoms with Crippen LogP contribution in [0.25, 0.3) is 0 Å². The third-order valence-corrected chi connectivity index (χ3v) is 3.17. The maximum Gasteiger partial charge on any atom is 0.343 e. The number of esters is 1. The molecule has 2 aromatic rings. The van der Waals surface area contributed by atoms with Gasteiger partial charge in [-0.3, -0.25) is 0 Å². The van der Waals surface area contributed by atoms with Gasteiger partial charge in [-0.2, -0.15) is 0 Å². The fourth-order valence-electron chi connectivity index (χ4n) is 1.56. The van der Waals surface area contributed by atoms with Gasteiger partial charge in [0, 0.05) is 24.3 Å². The molecule has 0 saturated carbocycles. The first kappa shape index (κ1) is 13.6. The van der Waals surface area contributed by atoms with Crippen molar-refractivity contribution in [1.29, 1.82) is 0 Å². The van der Waals surface area contributed by atoms with E-state index in [0.29, 0.717) is 11.3 Å². The van der Waals surface area contributed by atoms with Crippen molar-refractivity contribution in [3.8, 4) is 5.75 Å². The number of carbonyl (C=O) groups excluding carboxylic acids is 1. The van der Waals surface area contributed by atoms with E-state index in [2.05, 4.69) is 15.9 Å². The van der Waals surface area contributed by atoms with Crippen molar-refractivity contribution in [1.82, 2.24) is 0 Å². The van der Waals surface area contributed by atoms with Crippen molar-refractivity contribution in [2.24, 2.45) is 0 Å². The molecule has 0 fully saturated rings. The van der Waals surface area contributed by atoms with E-state index >= 15 is 0 Å². The zero-order valence-electron chi connectivity index (χ0n) is 10.8. The first-order chi connectivity index (χ1) is 9.06. The van der Waals surface area contributed by atoms with E-state index in [0.717, 1.165) is 10.2 Å². The van der Waals surface area contributed by atoms with E-state index in [1.54, 1.807) is 24.3 Å². The topological polar surface area (TPSA) is 29.5 Å². The zero-order chi connectivity index (χ0) is 13.8. The number of anilines is 1. The number of nitrogens with zero attached hydrogens (tertiary/aromatic N) is 1. The third-order valence-electron chi connectivity index (χ3n) is 2.64. The fourth-order valence-corrected chi connectivity index (χ4v) is 1.83. The van der Waals surface area contributed by atoms with Crippen LogP contribution in [0.4, 0.5) is 5.69 Å². The molecule has 0 atom stereocenters. The Morgan fingerprint density at radius 1 is 1.00 bits per heavy atom. The van der Waals surface area contributed by atoms with Crippen LogP contribution in [0, 0.1) is 0 Å². The number of rotatable bonds is 3. The molecule has 2 aromatic carbocycles. The first-order valence-electron chi connectivity index (χ1n) is 5.81. The van der Waals surface area contributed by atoms with Gasteiger partial charge in [0.15, 0.2) is 0 Å². The van der Waals surface area contributed by atoms with Crippen molar-refractivity contribution in [3.63, 3.8) is 0 Å². The van der Waals surface area contributed by atoms with Gasteiger partial charge in [0.1, 0.15) is 5.75 Å². The Hall–Kier alpha value is -1.81. The molecule has 0 N–H and O–H groups in total. The molecule has 4 heteroatoms. The lowest BCUT2D eigenvalue weighted by atomic mass is 10.2. The Morgan fingerprint density at radius 2 is 1.58 bits per heavy atom. The summed E-state index contributed by atoms with van der Waals surface area (Å²) in [5.41, 5.74) is 1.58. The number of halogens is 1. The SMILES string of the molecule is CN(C)c1ccc(C(=O)Oc2ccc(Br)cc2)cc1. The van der Waals surface area contributed by atoms with E-state index in [9.17, 15) is 4.79 Å². The maximum atomic E-state index is 11.9. The summed E-state index contributed by atoms with van der Waals surface area (Å²) in [5, 5.41) is 0. The van der Waals surface area contributed by atoms with Crippen molar-refractivity contribution >= 4 is 27.6 Å². The van der Waals surface area contributed by atoms with E-state index < -0.39 is 0 Å². The van der Waals surface area contributed by atoms with E-state index in [-0.39, 0.29) is 5.97 Å². The van der Waals surface area contributed by atoms with E-state index in [1.807, 2.05) is 43.3 Å². The van der Waals surface area contributed by atoms with Gasteiger partial charge in [-0.1, -0.05) is 15.9 Å². The largest absolute Gasteiger partial charge is 0.423 e. The Kier molecular flexibility index (Phi) is 4.22. The number of benzene rings is 2. The summed E-state index contributed by atoms with van der Waals surface area (Å²) < 4.78 is 6.23. The highest BCUT2D eigenvalue weighted by Crippen LogP contribution is 2.18. The van der Waals surface area contributed by atoms with Crippen LogP contribution in [0.1, 0.15) is 10.4 Å². The molecule has 0 aromatic heterocycles. The quantitative estimate of drug-likeness (QED) is 0.637. The molecule has 0 amide bonds. The molecular weight excluding hydrogens is 306 g/mol. The van der Waals surface area contributed by atoms with Gasteiger partial charge in [-0.05, 0) is 48.5 Å². The summed E-state index contributed by atoms with van der Waals surface area (Å²) in [6, 6.07) is 14.4. The summed E-state index contributed by atoms with van der Waals surface area (Å²) in [4.78, 5) is 13.9. The van der Waals surface area contributed by atoms with Gasteiger partial charge in [-0.25, -0.2) is 4.79 Å². The Labute approximate surface area is 120 Å². The molecule has 0 radical (unpaired) electrons. The van der Waals surface area contributed by atoms with Crippen molar-refractivity contribution in [2.75, 3.05) is 19.0 Å². The molecule has 0 aliphatic heterocycles. The molecule has 0 spiro atoms. The Balaban J connectivity index is 2.09. The van der Waals surface area contributed by atoms with Gasteiger partial charge in [-0.15, -0.1) is 0 Å². The number of carbonyl (C=O) groups is 1. The minimum atomic E-state index is -0.354. The van der Waals surface area contributed by atoms with E-state index in [1.165, 1.54) is 0 Å². The molecular formula is C15H14BrNO2. The molecule has 3 nitrogen and oxygen atoms in total. The van der Waals surface area contributed by atoms with Crippen LogP contribution < -0.4 is 9.64 Å². The zero-order valence-corrected chi connectivity index (χ0v) is 12.3. The summed E-state index contributed by atoms with van der Waals surface area (Å²) in [6.45, 7) is 0. The smallest absolute Gasteiger partial charge is 0.343 e. The fraction of sp³-hybridized carbons (Fsp3) is 0.133. The van der Waals surface area contributed by atoms with Crippen molar-refractivity contribution in [2.45, 2.75) is 0 Å². The van der Waals surface area contributed by atoms with Gasteiger partial charge in [0.2, 0.25) is 0 Å². The summed E-state index contributed by atoms with van der Waals surface area (Å²) >= 11 is 3.33. The average Bonchev–Trinajstić information content (AvgIpc) is 2.41. The second-order valence-corrected chi connectivity index (χ2v) is 5.20. The molecule has 0 unspecified atom stereocenters. The van der Waals surface area contributed by atoms with Gasteiger partial charge in [0.05, 0.1) is 5.56 Å². The molecule has 0 aliphatic carbocycles. The van der Waals surface area contributed by atoms with Gasteiger partial charge >= 0.3 is 5.97 Å². The lowest BCUT2D eigenvalue weighted by Gasteiger charge is -2.12. The van der Waals surface area contributed by atoms with Crippen LogP contribution in [0.3, 0.4) is 0 Å². The average molecular weight is 320 g/mol. The van der Waals surface area contributed by atoms with Crippen molar-refractivity contribution in [3.05, 3.63) is 58.6 Å². The minimum Gasteiger partial charge on any atom is -0.423 e. The Morgan fingerprint density at radius 3 is 2.11 bits per heavy atom. The van der Waals surface area contributed by atoms with Crippen LogP contribution in [0.2, 0.25) is 0 Å². The summed E-state index contributed by atoms with van der Waals surface area (Å²) in [6.07, 6.45) is 0. The van der Waals surface area contributed by atoms with Gasteiger partial charge in [0.25, 0.3) is 0 Å². The van der Waals surface area contributed by atoms with Gasteiger partial charge < -0.3 is 9.64 Å². The highest BCUT2D eigenvalue weighted by atomic mass is 79.9. The molecule has 0 bridgehead atoms. The first-order valence-corrected chi connectivity index (χ1v) is 6.61. The Bertz CT molecular complexity index is 562. The molecule has 19 heavy (non-hydrogen) atoms. The maximum absolute atomic E-state index is 11.9. The number of hydrogen-bond donors (Lipinski definition) is 0. The highest BCUT2D eigenvalue weighted by Gasteiger charge is 2.08. The summed E-state index contributed by atoms with van der Waals surface area (Å²) in [7, 11) is 3.91. The second kappa shape index (κ2) is 5.89. The third kappa shape index (κ3) is 3.58. The van der Waals surface area contributed by atoms with Crippen LogP contribution in [-0.2, 0) is 0 Å². The predicted molar refractivity (Wildman–Crippen MR) is 79.9 cm³/mol. The molecule has 0 saturated heterocycles. The minimum absolute atomic E-state index is 0.354. The standard InChI is InChI=1S/C15H14BrNO2/c1-17(2)13-7-3-11(4-8-13)15(18)19-14-9-5-12(16)6-10-14/h3-10H,1-2H3. The van der Waals surface area contributed by atoms with Crippen LogP contribution in [0.5, 0.6) is 5.75 Å². The predicted octanol–water partition coefficient (Wildman–Crippen LogP) is 3.73. The monoisotopic (exact) mass is 319 g/mol. The molecule has 0 aliphatic rings. The highest BCUT2D eigenvalue weighted by molar-refractivity contribution is 9.10. The second-order valence-electron chi connectivity index (χ2n) is 4.28. The number of hydrogen-bond acceptors (Lipinski definition) is 3. The van der Waals surface area contributed by atoms with Crippen molar-refractivity contribution < 1.29 is 9.53 Å². The lowest BCUT2D eigenvalue weighted by molar-refractivity contribution is 0.0735. The summed E-state index contributed by atoms with van der Waals surface area (Å²) in [5.74, 6) is 0.178. The lowest BCUT2D eigenvalue weighted by Crippen LogP contribution is -2.11. The number of ether oxygens (including phenoxy) is 1. The normalized spacial score (nSPS) is 10.1. The van der Waals surface area contributed by atoms with Crippen LogP contribution in [-0.4, -0.2) is 20.1 Å².